The van der Waals surface area contributed by atoms with Crippen molar-refractivity contribution in [3.8, 4) is 0 Å². The van der Waals surface area contributed by atoms with E-state index in [2.05, 4.69) is 0 Å². The molecule has 0 aromatic heterocycles. The lowest BCUT2D eigenvalue weighted by molar-refractivity contribution is -0.107. The summed E-state index contributed by atoms with van der Waals surface area (Å²) in [6, 6.07) is 16.3. The van der Waals surface area contributed by atoms with Gasteiger partial charge in [0.15, 0.2) is 0 Å². The van der Waals surface area contributed by atoms with E-state index in [4.69, 9.17) is 0 Å². The number of hydrogen-bond acceptors (Lipinski definition) is 4. The summed E-state index contributed by atoms with van der Waals surface area (Å²) in [5, 5.41) is -0.455. The van der Waals surface area contributed by atoms with Crippen LogP contribution in [0, 0.1) is 0 Å². The van der Waals surface area contributed by atoms with Crippen LogP contribution in [-0.2, 0) is 4.79 Å². The number of Topliss-reactive ketones (excluding diaryl/α,β-unsaturated/α-hetero) is 1. The average Bonchev–Trinajstić information content (AvgIpc) is 2.47. The maximum Gasteiger partial charge on any atom is 0.264 e. The van der Waals surface area contributed by atoms with Crippen LogP contribution in [0.15, 0.2) is 64.4 Å². The van der Waals surface area contributed by atoms with E-state index < -0.39 is 10.9 Å². The Morgan fingerprint density at radius 3 is 2.05 bits per heavy atom. The lowest BCUT2D eigenvalue weighted by Gasteiger charge is -2.01. The van der Waals surface area contributed by atoms with Crippen molar-refractivity contribution in [2.24, 2.45) is 0 Å². The standard InChI is InChI=1S/C15H12O2S2/c1-18-12-9-7-11(8-10-12)14(16)15(17)19-13-5-3-2-4-6-13/h2-10H,1H3. The van der Waals surface area contributed by atoms with Gasteiger partial charge in [-0.15, -0.1) is 11.8 Å². The summed E-state index contributed by atoms with van der Waals surface area (Å²) >= 11 is 2.56. The molecule has 2 rings (SSSR count). The minimum Gasteiger partial charge on any atom is -0.284 e. The van der Waals surface area contributed by atoms with Crippen LogP contribution >= 0.6 is 23.5 Å². The highest BCUT2D eigenvalue weighted by atomic mass is 32.2. The van der Waals surface area contributed by atoms with E-state index in [1.54, 1.807) is 23.9 Å². The van der Waals surface area contributed by atoms with Crippen LogP contribution in [0.4, 0.5) is 0 Å². The molecule has 19 heavy (non-hydrogen) atoms. The van der Waals surface area contributed by atoms with Gasteiger partial charge in [0, 0.05) is 15.4 Å². The summed E-state index contributed by atoms with van der Waals surface area (Å²) in [5.74, 6) is -0.457. The average molecular weight is 288 g/mol. The first kappa shape index (κ1) is 13.9. The molecule has 2 aromatic carbocycles. The fourth-order valence-corrected chi connectivity index (χ4v) is 2.63. The third-order valence-electron chi connectivity index (χ3n) is 2.49. The van der Waals surface area contributed by atoms with Crippen LogP contribution in [0.2, 0.25) is 0 Å². The monoisotopic (exact) mass is 288 g/mol. The molecule has 0 amide bonds. The van der Waals surface area contributed by atoms with Crippen molar-refractivity contribution < 1.29 is 9.59 Å². The van der Waals surface area contributed by atoms with Crippen molar-refractivity contribution in [1.29, 1.82) is 0 Å². The van der Waals surface area contributed by atoms with Crippen LogP contribution in [0.5, 0.6) is 0 Å². The highest BCUT2D eigenvalue weighted by Crippen LogP contribution is 2.21. The van der Waals surface area contributed by atoms with Crippen LogP contribution in [0.25, 0.3) is 0 Å². The van der Waals surface area contributed by atoms with Gasteiger partial charge in [-0.05, 0) is 54.4 Å². The Kier molecular flexibility index (Phi) is 4.82. The number of carbonyl (C=O) groups excluding carboxylic acids is 2. The zero-order chi connectivity index (χ0) is 13.7. The minimum atomic E-state index is -0.457. The Morgan fingerprint density at radius 2 is 1.47 bits per heavy atom. The molecule has 96 valence electrons. The van der Waals surface area contributed by atoms with E-state index in [-0.39, 0.29) is 0 Å². The smallest absolute Gasteiger partial charge is 0.264 e. The Labute approximate surface area is 120 Å². The molecule has 0 unspecified atom stereocenters. The van der Waals surface area contributed by atoms with E-state index in [1.807, 2.05) is 48.7 Å². The molecule has 0 saturated carbocycles. The number of rotatable bonds is 4. The van der Waals surface area contributed by atoms with E-state index in [0.717, 1.165) is 21.6 Å². The van der Waals surface area contributed by atoms with E-state index >= 15 is 0 Å². The SMILES string of the molecule is CSc1ccc(C(=O)C(=O)Sc2ccccc2)cc1. The zero-order valence-electron chi connectivity index (χ0n) is 10.3. The van der Waals surface area contributed by atoms with Gasteiger partial charge in [-0.2, -0.15) is 0 Å². The molecular weight excluding hydrogens is 276 g/mol. The fraction of sp³-hybridized carbons (Fsp3) is 0.0667. The highest BCUT2D eigenvalue weighted by molar-refractivity contribution is 8.15. The number of ketones is 1. The van der Waals surface area contributed by atoms with E-state index in [0.29, 0.717) is 5.56 Å². The lowest BCUT2D eigenvalue weighted by atomic mass is 10.1. The summed E-state index contributed by atoms with van der Waals surface area (Å²) in [6.45, 7) is 0. The van der Waals surface area contributed by atoms with Gasteiger partial charge in [-0.25, -0.2) is 0 Å². The summed E-state index contributed by atoms with van der Waals surface area (Å²) in [7, 11) is 0. The third-order valence-corrected chi connectivity index (χ3v) is 4.11. The van der Waals surface area contributed by atoms with Crippen LogP contribution < -0.4 is 0 Å². The second-order valence-electron chi connectivity index (χ2n) is 3.76. The van der Waals surface area contributed by atoms with Gasteiger partial charge in [0.2, 0.25) is 5.78 Å². The number of thioether (sulfide) groups is 2. The Hall–Kier alpha value is -1.52. The molecule has 0 radical (unpaired) electrons. The molecule has 4 heteroatoms. The molecular formula is C15H12O2S2. The van der Waals surface area contributed by atoms with Gasteiger partial charge in [-0.3, -0.25) is 9.59 Å². The van der Waals surface area contributed by atoms with Crippen molar-refractivity contribution in [3.05, 3.63) is 60.2 Å². The maximum absolute atomic E-state index is 12.0. The summed E-state index contributed by atoms with van der Waals surface area (Å²) in [5.41, 5.74) is 0.436. The molecule has 0 aliphatic heterocycles. The van der Waals surface area contributed by atoms with Gasteiger partial charge < -0.3 is 0 Å². The molecule has 0 atom stereocenters. The van der Waals surface area contributed by atoms with Gasteiger partial charge in [0.1, 0.15) is 0 Å². The Balaban J connectivity index is 2.08. The van der Waals surface area contributed by atoms with Gasteiger partial charge in [-0.1, -0.05) is 18.2 Å². The van der Waals surface area contributed by atoms with Gasteiger partial charge in [0.25, 0.3) is 5.12 Å². The molecule has 0 heterocycles. The second-order valence-corrected chi connectivity index (χ2v) is 5.69. The molecule has 0 fully saturated rings. The first-order valence-electron chi connectivity index (χ1n) is 5.66. The molecule has 0 aliphatic rings. The molecule has 0 N–H and O–H groups in total. The molecule has 0 bridgehead atoms. The minimum absolute atomic E-state index is 0.436. The van der Waals surface area contributed by atoms with E-state index in [1.165, 1.54) is 0 Å². The molecule has 2 nitrogen and oxygen atoms in total. The van der Waals surface area contributed by atoms with Crippen molar-refractivity contribution in [2.75, 3.05) is 6.26 Å². The Bertz CT molecular complexity index is 577. The first-order chi connectivity index (χ1) is 9.20. The number of benzene rings is 2. The van der Waals surface area contributed by atoms with Crippen LogP contribution in [0.3, 0.4) is 0 Å². The lowest BCUT2D eigenvalue weighted by Crippen LogP contribution is -2.09. The van der Waals surface area contributed by atoms with Crippen molar-refractivity contribution in [3.63, 3.8) is 0 Å². The largest absolute Gasteiger partial charge is 0.284 e. The second kappa shape index (κ2) is 6.59. The number of hydrogen-bond donors (Lipinski definition) is 0. The molecule has 0 spiro atoms. The summed E-state index contributed by atoms with van der Waals surface area (Å²) in [6.07, 6.45) is 1.97. The van der Waals surface area contributed by atoms with Crippen molar-refractivity contribution in [2.45, 2.75) is 9.79 Å². The van der Waals surface area contributed by atoms with Crippen molar-refractivity contribution >= 4 is 34.4 Å². The quantitative estimate of drug-likeness (QED) is 0.485. The predicted molar refractivity (Wildman–Crippen MR) is 79.9 cm³/mol. The zero-order valence-corrected chi connectivity index (χ0v) is 12.0. The summed E-state index contributed by atoms with van der Waals surface area (Å²) < 4.78 is 0. The first-order valence-corrected chi connectivity index (χ1v) is 7.70. The third kappa shape index (κ3) is 3.72. The van der Waals surface area contributed by atoms with Gasteiger partial charge >= 0.3 is 0 Å². The maximum atomic E-state index is 12.0. The van der Waals surface area contributed by atoms with Crippen LogP contribution in [0.1, 0.15) is 10.4 Å². The highest BCUT2D eigenvalue weighted by Gasteiger charge is 2.17. The molecule has 0 saturated heterocycles. The number of carbonyl (C=O) groups is 2. The molecule has 0 aliphatic carbocycles. The Morgan fingerprint density at radius 1 is 0.842 bits per heavy atom. The topological polar surface area (TPSA) is 34.1 Å². The van der Waals surface area contributed by atoms with Gasteiger partial charge in [0.05, 0.1) is 0 Å². The predicted octanol–water partition coefficient (Wildman–Crippen LogP) is 3.91. The summed E-state index contributed by atoms with van der Waals surface area (Å²) in [4.78, 5) is 25.7. The molecule has 2 aromatic rings. The van der Waals surface area contributed by atoms with Crippen LogP contribution in [-0.4, -0.2) is 17.2 Å². The normalized spacial score (nSPS) is 10.2. The van der Waals surface area contributed by atoms with Crippen molar-refractivity contribution in [1.82, 2.24) is 0 Å². The van der Waals surface area contributed by atoms with E-state index in [9.17, 15) is 9.59 Å². The fourth-order valence-electron chi connectivity index (χ4n) is 1.50.